The highest BCUT2D eigenvalue weighted by Gasteiger charge is 2.10. The van der Waals surface area contributed by atoms with E-state index in [1.807, 2.05) is 18.2 Å². The normalized spacial score (nSPS) is 10.7. The number of carboxylic acid groups (broad SMARTS) is 1. The standard InChI is InChI=1S/C17H14BrClO4/c1-22-15-8-11(6-7-17(20)21)13(18)9-16(15)23-10-12-4-2-3-5-14(12)19/h2-9H,10H2,1H3,(H,20,21)/b7-6+. The number of halogens is 2. The van der Waals surface area contributed by atoms with E-state index < -0.39 is 5.97 Å². The molecule has 2 aromatic carbocycles. The predicted molar refractivity (Wildman–Crippen MR) is 93.1 cm³/mol. The van der Waals surface area contributed by atoms with Gasteiger partial charge in [-0.1, -0.05) is 45.7 Å². The van der Waals surface area contributed by atoms with Crippen LogP contribution in [0.15, 0.2) is 46.9 Å². The number of rotatable bonds is 6. The van der Waals surface area contributed by atoms with Crippen molar-refractivity contribution in [2.24, 2.45) is 0 Å². The Kier molecular flexibility index (Phi) is 6.07. The maximum Gasteiger partial charge on any atom is 0.328 e. The molecule has 2 aromatic rings. The highest BCUT2D eigenvalue weighted by atomic mass is 79.9. The fourth-order valence-electron chi connectivity index (χ4n) is 1.88. The lowest BCUT2D eigenvalue weighted by Gasteiger charge is -2.13. The molecule has 0 aromatic heterocycles. The Morgan fingerprint density at radius 2 is 2.04 bits per heavy atom. The van der Waals surface area contributed by atoms with Gasteiger partial charge in [0.05, 0.1) is 7.11 Å². The number of carbonyl (C=O) groups is 1. The molecule has 23 heavy (non-hydrogen) atoms. The van der Waals surface area contributed by atoms with Crippen LogP contribution < -0.4 is 9.47 Å². The van der Waals surface area contributed by atoms with Crippen LogP contribution in [-0.4, -0.2) is 18.2 Å². The summed E-state index contributed by atoms with van der Waals surface area (Å²) < 4.78 is 11.8. The van der Waals surface area contributed by atoms with Crippen LogP contribution in [0.1, 0.15) is 11.1 Å². The van der Waals surface area contributed by atoms with Crippen LogP contribution in [0.4, 0.5) is 0 Å². The number of aliphatic carboxylic acids is 1. The van der Waals surface area contributed by atoms with E-state index >= 15 is 0 Å². The SMILES string of the molecule is COc1cc(/C=C/C(=O)O)c(Br)cc1OCc1ccccc1Cl. The molecule has 4 nitrogen and oxygen atoms in total. The third-order valence-electron chi connectivity index (χ3n) is 3.03. The topological polar surface area (TPSA) is 55.8 Å². The third kappa shape index (κ3) is 4.74. The van der Waals surface area contributed by atoms with Crippen molar-refractivity contribution in [2.75, 3.05) is 7.11 Å². The van der Waals surface area contributed by atoms with Crippen molar-refractivity contribution < 1.29 is 19.4 Å². The van der Waals surface area contributed by atoms with E-state index in [0.717, 1.165) is 11.6 Å². The zero-order chi connectivity index (χ0) is 16.8. The van der Waals surface area contributed by atoms with E-state index in [1.165, 1.54) is 13.2 Å². The number of methoxy groups -OCH3 is 1. The summed E-state index contributed by atoms with van der Waals surface area (Å²) in [5.41, 5.74) is 1.54. The first kappa shape index (κ1) is 17.4. The molecule has 0 radical (unpaired) electrons. The van der Waals surface area contributed by atoms with Crippen molar-refractivity contribution in [3.63, 3.8) is 0 Å². The summed E-state index contributed by atoms with van der Waals surface area (Å²) in [6.07, 6.45) is 2.54. The average Bonchev–Trinajstić information content (AvgIpc) is 2.53. The molecule has 0 amide bonds. The van der Waals surface area contributed by atoms with Gasteiger partial charge < -0.3 is 14.6 Å². The van der Waals surface area contributed by atoms with E-state index in [2.05, 4.69) is 15.9 Å². The summed E-state index contributed by atoms with van der Waals surface area (Å²) in [6.45, 7) is 0.298. The zero-order valence-corrected chi connectivity index (χ0v) is 14.6. The monoisotopic (exact) mass is 396 g/mol. The van der Waals surface area contributed by atoms with Crippen LogP contribution in [0.5, 0.6) is 11.5 Å². The first-order valence-corrected chi connectivity index (χ1v) is 7.83. The second-order valence-corrected chi connectivity index (χ2v) is 5.84. The molecule has 0 saturated carbocycles. The smallest absolute Gasteiger partial charge is 0.328 e. The van der Waals surface area contributed by atoms with E-state index in [4.69, 9.17) is 26.2 Å². The lowest BCUT2D eigenvalue weighted by molar-refractivity contribution is -0.131. The number of benzene rings is 2. The van der Waals surface area contributed by atoms with Gasteiger partial charge in [0.2, 0.25) is 0 Å². The van der Waals surface area contributed by atoms with Crippen molar-refractivity contribution in [1.82, 2.24) is 0 Å². The molecule has 0 fully saturated rings. The average molecular weight is 398 g/mol. The molecule has 0 bridgehead atoms. The quantitative estimate of drug-likeness (QED) is 0.712. The Bertz CT molecular complexity index is 743. The van der Waals surface area contributed by atoms with Crippen LogP contribution in [0.2, 0.25) is 5.02 Å². The highest BCUT2D eigenvalue weighted by molar-refractivity contribution is 9.10. The van der Waals surface area contributed by atoms with Crippen LogP contribution in [0, 0.1) is 0 Å². The molecular weight excluding hydrogens is 384 g/mol. The van der Waals surface area contributed by atoms with Gasteiger partial charge in [-0.15, -0.1) is 0 Å². The van der Waals surface area contributed by atoms with Gasteiger partial charge in [-0.3, -0.25) is 0 Å². The number of carboxylic acids is 1. The molecule has 6 heteroatoms. The van der Waals surface area contributed by atoms with Gasteiger partial charge >= 0.3 is 5.97 Å². The van der Waals surface area contributed by atoms with Crippen molar-refractivity contribution in [2.45, 2.75) is 6.61 Å². The highest BCUT2D eigenvalue weighted by Crippen LogP contribution is 2.35. The molecule has 1 N–H and O–H groups in total. The minimum absolute atomic E-state index is 0.298. The van der Waals surface area contributed by atoms with E-state index in [-0.39, 0.29) is 0 Å². The summed E-state index contributed by atoms with van der Waals surface area (Å²) in [4.78, 5) is 10.6. The first-order valence-electron chi connectivity index (χ1n) is 6.66. The third-order valence-corrected chi connectivity index (χ3v) is 4.08. The van der Waals surface area contributed by atoms with Gasteiger partial charge in [-0.2, -0.15) is 0 Å². The van der Waals surface area contributed by atoms with E-state index in [1.54, 1.807) is 18.2 Å². The molecule has 0 aliphatic rings. The maximum atomic E-state index is 10.6. The van der Waals surface area contributed by atoms with Crippen molar-refractivity contribution in [1.29, 1.82) is 0 Å². The van der Waals surface area contributed by atoms with E-state index in [0.29, 0.717) is 33.2 Å². The second kappa shape index (κ2) is 8.04. The predicted octanol–water partition coefficient (Wildman–Crippen LogP) is 4.79. The van der Waals surface area contributed by atoms with Gasteiger partial charge in [0, 0.05) is 21.1 Å². The minimum atomic E-state index is -1.02. The van der Waals surface area contributed by atoms with Gasteiger partial charge in [-0.25, -0.2) is 4.79 Å². The number of hydrogen-bond acceptors (Lipinski definition) is 3. The van der Waals surface area contributed by atoms with Crippen molar-refractivity contribution in [3.8, 4) is 11.5 Å². The number of ether oxygens (including phenoxy) is 2. The molecule has 2 rings (SSSR count). The largest absolute Gasteiger partial charge is 0.493 e. The van der Waals surface area contributed by atoms with Crippen LogP contribution >= 0.6 is 27.5 Å². The Hall–Kier alpha value is -1.98. The fourth-order valence-corrected chi connectivity index (χ4v) is 2.53. The lowest BCUT2D eigenvalue weighted by Crippen LogP contribution is -1.99. The Morgan fingerprint density at radius 1 is 1.30 bits per heavy atom. The Labute approximate surface area is 147 Å². The Morgan fingerprint density at radius 3 is 2.70 bits per heavy atom. The molecule has 0 unspecified atom stereocenters. The van der Waals surface area contributed by atoms with Gasteiger partial charge in [-0.05, 0) is 29.8 Å². The van der Waals surface area contributed by atoms with Gasteiger partial charge in [0.1, 0.15) is 6.61 Å². The first-order chi connectivity index (χ1) is 11.0. The van der Waals surface area contributed by atoms with Crippen LogP contribution in [0.25, 0.3) is 6.08 Å². The van der Waals surface area contributed by atoms with Gasteiger partial charge in [0.15, 0.2) is 11.5 Å². The zero-order valence-electron chi connectivity index (χ0n) is 12.3. The molecule has 0 saturated heterocycles. The molecule has 120 valence electrons. The van der Waals surface area contributed by atoms with Crippen molar-refractivity contribution >= 4 is 39.6 Å². The summed E-state index contributed by atoms with van der Waals surface area (Å²) in [5.74, 6) is 0.0203. The maximum absolute atomic E-state index is 10.6. The second-order valence-electron chi connectivity index (χ2n) is 4.58. The molecule has 0 heterocycles. The summed E-state index contributed by atoms with van der Waals surface area (Å²) in [6, 6.07) is 10.9. The fraction of sp³-hybridized carbons (Fsp3) is 0.118. The lowest BCUT2D eigenvalue weighted by atomic mass is 10.2. The molecular formula is C17H14BrClO4. The summed E-state index contributed by atoms with van der Waals surface area (Å²) in [7, 11) is 1.52. The summed E-state index contributed by atoms with van der Waals surface area (Å²) >= 11 is 9.50. The number of hydrogen-bond donors (Lipinski definition) is 1. The van der Waals surface area contributed by atoms with Crippen LogP contribution in [0.3, 0.4) is 0 Å². The molecule has 0 spiro atoms. The van der Waals surface area contributed by atoms with Crippen molar-refractivity contribution in [3.05, 3.63) is 63.1 Å². The summed E-state index contributed by atoms with van der Waals surface area (Å²) in [5, 5.41) is 9.34. The molecule has 0 atom stereocenters. The molecule has 0 aliphatic carbocycles. The van der Waals surface area contributed by atoms with Crippen LogP contribution in [-0.2, 0) is 11.4 Å². The Balaban J connectivity index is 2.23. The van der Waals surface area contributed by atoms with Gasteiger partial charge in [0.25, 0.3) is 0 Å². The minimum Gasteiger partial charge on any atom is -0.493 e. The van der Waals surface area contributed by atoms with E-state index in [9.17, 15) is 4.79 Å². The molecule has 0 aliphatic heterocycles.